The molecule has 1 heterocycles. The molecular weight excluding hydrogens is 294 g/mol. The van der Waals surface area contributed by atoms with E-state index < -0.39 is 23.3 Å². The molecule has 0 spiro atoms. The summed E-state index contributed by atoms with van der Waals surface area (Å²) in [5.74, 6) is 5.13. The average molecular weight is 312 g/mol. The van der Waals surface area contributed by atoms with Crippen LogP contribution in [0.3, 0.4) is 0 Å². The van der Waals surface area contributed by atoms with Crippen LogP contribution in [0.25, 0.3) is 0 Å². The highest BCUT2D eigenvalue weighted by atomic mass is 19.1. The van der Waals surface area contributed by atoms with Crippen molar-refractivity contribution in [2.24, 2.45) is 5.92 Å². The molecule has 1 aliphatic heterocycles. The molecule has 0 fully saturated rings. The fraction of sp³-hybridized carbons (Fsp3) is 0.300. The van der Waals surface area contributed by atoms with Gasteiger partial charge in [-0.2, -0.15) is 0 Å². The molecule has 2 atom stereocenters. The van der Waals surface area contributed by atoms with Crippen molar-refractivity contribution in [2.75, 3.05) is 6.61 Å². The summed E-state index contributed by atoms with van der Waals surface area (Å²) < 4.78 is 34.1. The van der Waals surface area contributed by atoms with Crippen molar-refractivity contribution in [3.63, 3.8) is 0 Å². The van der Waals surface area contributed by atoms with Gasteiger partial charge in [0.05, 0.1) is 12.5 Å². The van der Waals surface area contributed by atoms with Gasteiger partial charge in [-0.05, 0) is 32.0 Å². The summed E-state index contributed by atoms with van der Waals surface area (Å²) in [6.07, 6.45) is 0. The number of fused-ring (bicyclic) bond motifs is 1. The first kappa shape index (κ1) is 15.6. The van der Waals surface area contributed by atoms with E-state index in [1.807, 2.05) is 30.3 Å². The summed E-state index contributed by atoms with van der Waals surface area (Å²) in [7, 11) is 0. The third-order valence-corrected chi connectivity index (χ3v) is 4.17. The molecule has 0 saturated heterocycles. The number of benzene rings is 2. The van der Waals surface area contributed by atoms with Gasteiger partial charge in [-0.1, -0.05) is 42.2 Å². The monoisotopic (exact) mass is 312 g/mol. The van der Waals surface area contributed by atoms with Crippen LogP contribution in [-0.4, -0.2) is 12.3 Å². The SMILES string of the molecule is CC(C)(F)[C@@H]1COc2c(F)cccc2[C@@H]1C#Cc1ccccc1. The molecule has 1 aliphatic rings. The van der Waals surface area contributed by atoms with E-state index in [-0.39, 0.29) is 12.4 Å². The summed E-state index contributed by atoms with van der Waals surface area (Å²) in [5.41, 5.74) is 0.00260. The van der Waals surface area contributed by atoms with Crippen LogP contribution in [0.4, 0.5) is 8.78 Å². The van der Waals surface area contributed by atoms with Crippen molar-refractivity contribution in [1.82, 2.24) is 0 Å². The topological polar surface area (TPSA) is 9.23 Å². The van der Waals surface area contributed by atoms with Crippen LogP contribution in [0.2, 0.25) is 0 Å². The second-order valence-corrected chi connectivity index (χ2v) is 6.25. The van der Waals surface area contributed by atoms with Crippen LogP contribution < -0.4 is 4.74 Å². The molecule has 2 aromatic rings. The Kier molecular flexibility index (Phi) is 4.09. The molecule has 2 aromatic carbocycles. The lowest BCUT2D eigenvalue weighted by Gasteiger charge is -2.36. The van der Waals surface area contributed by atoms with Crippen LogP contribution >= 0.6 is 0 Å². The molecule has 0 saturated carbocycles. The molecule has 0 N–H and O–H groups in total. The van der Waals surface area contributed by atoms with E-state index in [0.717, 1.165) is 5.56 Å². The van der Waals surface area contributed by atoms with E-state index in [0.29, 0.717) is 5.56 Å². The summed E-state index contributed by atoms with van der Waals surface area (Å²) in [5, 5.41) is 0. The predicted molar refractivity (Wildman–Crippen MR) is 86.6 cm³/mol. The summed E-state index contributed by atoms with van der Waals surface area (Å²) in [6.45, 7) is 3.15. The number of ether oxygens (including phenoxy) is 1. The molecule has 0 aliphatic carbocycles. The van der Waals surface area contributed by atoms with Gasteiger partial charge >= 0.3 is 0 Å². The number of alkyl halides is 1. The van der Waals surface area contributed by atoms with Crippen molar-refractivity contribution in [3.8, 4) is 17.6 Å². The van der Waals surface area contributed by atoms with E-state index in [9.17, 15) is 8.78 Å². The van der Waals surface area contributed by atoms with E-state index >= 15 is 0 Å². The maximum atomic E-state index is 14.6. The van der Waals surface area contributed by atoms with Crippen molar-refractivity contribution < 1.29 is 13.5 Å². The van der Waals surface area contributed by atoms with E-state index in [1.54, 1.807) is 12.1 Å². The lowest BCUT2D eigenvalue weighted by atomic mass is 9.76. The fourth-order valence-electron chi connectivity index (χ4n) is 2.86. The van der Waals surface area contributed by atoms with E-state index in [2.05, 4.69) is 11.8 Å². The van der Waals surface area contributed by atoms with Crippen molar-refractivity contribution in [3.05, 3.63) is 65.5 Å². The molecule has 1 nitrogen and oxygen atoms in total. The fourth-order valence-corrected chi connectivity index (χ4v) is 2.86. The Morgan fingerprint density at radius 3 is 2.52 bits per heavy atom. The number of halogens is 2. The van der Waals surface area contributed by atoms with Gasteiger partial charge in [0, 0.05) is 17.0 Å². The van der Waals surface area contributed by atoms with Gasteiger partial charge in [0.15, 0.2) is 11.6 Å². The minimum atomic E-state index is -1.47. The molecule has 118 valence electrons. The van der Waals surface area contributed by atoms with Crippen LogP contribution in [0.5, 0.6) is 5.75 Å². The molecule has 23 heavy (non-hydrogen) atoms. The highest BCUT2D eigenvalue weighted by Crippen LogP contribution is 2.43. The molecule has 0 aromatic heterocycles. The third kappa shape index (κ3) is 3.22. The molecule has 3 rings (SSSR count). The first-order valence-corrected chi connectivity index (χ1v) is 7.63. The van der Waals surface area contributed by atoms with Gasteiger partial charge in [-0.15, -0.1) is 0 Å². The molecule has 0 bridgehead atoms. The quantitative estimate of drug-likeness (QED) is 0.693. The van der Waals surface area contributed by atoms with Crippen molar-refractivity contribution in [2.45, 2.75) is 25.4 Å². The smallest absolute Gasteiger partial charge is 0.165 e. The first-order chi connectivity index (χ1) is 11.0. The standard InChI is InChI=1S/C20H18F2O/c1-20(2,22)17-13-23-19-16(9-6-10-18(19)21)15(17)12-11-14-7-4-3-5-8-14/h3-10,15,17H,13H2,1-2H3/t15-,17+/m0/s1. The molecular formula is C20H18F2O. The van der Waals surface area contributed by atoms with Gasteiger partial charge in [-0.3, -0.25) is 0 Å². The van der Waals surface area contributed by atoms with Crippen molar-refractivity contribution in [1.29, 1.82) is 0 Å². The zero-order chi connectivity index (χ0) is 16.4. The van der Waals surface area contributed by atoms with Gasteiger partial charge in [0.1, 0.15) is 5.67 Å². The molecule has 0 radical (unpaired) electrons. The Labute approximate surface area is 135 Å². The zero-order valence-electron chi connectivity index (χ0n) is 13.1. The van der Waals surface area contributed by atoms with Crippen LogP contribution in [0, 0.1) is 23.6 Å². The van der Waals surface area contributed by atoms with Gasteiger partial charge < -0.3 is 4.74 Å². The number of hydrogen-bond acceptors (Lipinski definition) is 1. The predicted octanol–water partition coefficient (Wildman–Crippen LogP) is 4.72. The Morgan fingerprint density at radius 2 is 1.83 bits per heavy atom. The van der Waals surface area contributed by atoms with Gasteiger partial charge in [0.25, 0.3) is 0 Å². The Hall–Kier alpha value is -2.34. The molecule has 3 heteroatoms. The summed E-state index contributed by atoms with van der Waals surface area (Å²) in [6, 6.07) is 14.2. The molecule has 0 unspecified atom stereocenters. The maximum Gasteiger partial charge on any atom is 0.165 e. The first-order valence-electron chi connectivity index (χ1n) is 7.63. The Morgan fingerprint density at radius 1 is 1.09 bits per heavy atom. The Bertz CT molecular complexity index is 751. The van der Waals surface area contributed by atoms with Crippen LogP contribution in [0.15, 0.2) is 48.5 Å². The van der Waals surface area contributed by atoms with Crippen molar-refractivity contribution >= 4 is 0 Å². The number of hydrogen-bond donors (Lipinski definition) is 0. The Balaban J connectivity index is 2.06. The summed E-state index contributed by atoms with van der Waals surface area (Å²) in [4.78, 5) is 0. The van der Waals surface area contributed by atoms with Crippen LogP contribution in [-0.2, 0) is 0 Å². The average Bonchev–Trinajstić information content (AvgIpc) is 2.53. The summed E-state index contributed by atoms with van der Waals surface area (Å²) >= 11 is 0. The zero-order valence-corrected chi connectivity index (χ0v) is 13.1. The normalized spacial score (nSPS) is 20.0. The lowest BCUT2D eigenvalue weighted by molar-refractivity contribution is 0.0585. The lowest BCUT2D eigenvalue weighted by Crippen LogP contribution is -2.38. The van der Waals surface area contributed by atoms with E-state index in [1.165, 1.54) is 19.9 Å². The largest absolute Gasteiger partial charge is 0.490 e. The van der Waals surface area contributed by atoms with Gasteiger partial charge in [0.2, 0.25) is 0 Å². The van der Waals surface area contributed by atoms with Gasteiger partial charge in [-0.25, -0.2) is 8.78 Å². The highest BCUT2D eigenvalue weighted by Gasteiger charge is 2.41. The number of para-hydroxylation sites is 1. The van der Waals surface area contributed by atoms with E-state index in [4.69, 9.17) is 4.74 Å². The minimum Gasteiger partial charge on any atom is -0.490 e. The minimum absolute atomic E-state index is 0.117. The number of rotatable bonds is 1. The second kappa shape index (κ2) is 6.04. The molecule has 0 amide bonds. The maximum absolute atomic E-state index is 14.6. The van der Waals surface area contributed by atoms with Crippen LogP contribution in [0.1, 0.15) is 30.9 Å². The highest BCUT2D eigenvalue weighted by molar-refractivity contribution is 5.46. The second-order valence-electron chi connectivity index (χ2n) is 6.25. The third-order valence-electron chi connectivity index (χ3n) is 4.17.